The van der Waals surface area contributed by atoms with Crippen molar-refractivity contribution in [3.8, 4) is 0 Å². The largest absolute Gasteiger partial charge is 0.391 e. The quantitative estimate of drug-likeness (QED) is 0.865. The summed E-state index contributed by atoms with van der Waals surface area (Å²) in [7, 11) is 0. The molecule has 1 N–H and O–H groups in total. The first-order valence-corrected chi connectivity index (χ1v) is 6.17. The lowest BCUT2D eigenvalue weighted by Gasteiger charge is -2.15. The highest BCUT2D eigenvalue weighted by molar-refractivity contribution is 9.10. The lowest BCUT2D eigenvalue weighted by atomic mass is 10.2. The van der Waals surface area contributed by atoms with Crippen molar-refractivity contribution in [2.24, 2.45) is 0 Å². The first kappa shape index (κ1) is 11.9. The molecular weight excluding hydrogens is 293 g/mol. The van der Waals surface area contributed by atoms with Gasteiger partial charge in [-0.25, -0.2) is 0 Å². The number of halogens is 2. The normalized spacial score (nSPS) is 20.2. The summed E-state index contributed by atoms with van der Waals surface area (Å²) in [6.07, 6.45) is 0.264. The minimum Gasteiger partial charge on any atom is -0.391 e. The third-order valence-corrected chi connectivity index (χ3v) is 3.83. The van der Waals surface area contributed by atoms with Crippen molar-refractivity contribution in [3.05, 3.63) is 33.3 Å². The maximum Gasteiger partial charge on any atom is 0.253 e. The monoisotopic (exact) mass is 303 g/mol. The highest BCUT2D eigenvalue weighted by Gasteiger charge is 2.25. The summed E-state index contributed by atoms with van der Waals surface area (Å²) < 4.78 is 0.708. The Labute approximate surface area is 107 Å². The minimum atomic E-state index is -0.389. The van der Waals surface area contributed by atoms with Crippen LogP contribution >= 0.6 is 27.5 Å². The molecule has 3 nitrogen and oxygen atoms in total. The van der Waals surface area contributed by atoms with E-state index in [1.807, 2.05) is 0 Å². The summed E-state index contributed by atoms with van der Waals surface area (Å²) in [6.45, 7) is 1.03. The Kier molecular flexibility index (Phi) is 3.52. The highest BCUT2D eigenvalue weighted by Crippen LogP contribution is 2.24. The zero-order valence-corrected chi connectivity index (χ0v) is 10.8. The molecule has 1 fully saturated rings. The average molecular weight is 305 g/mol. The van der Waals surface area contributed by atoms with Crippen molar-refractivity contribution in [1.29, 1.82) is 0 Å². The lowest BCUT2D eigenvalue weighted by molar-refractivity contribution is 0.0765. The van der Waals surface area contributed by atoms with Crippen LogP contribution in [-0.4, -0.2) is 35.1 Å². The minimum absolute atomic E-state index is 0.0612. The fourth-order valence-corrected chi connectivity index (χ4v) is 2.23. The molecule has 16 heavy (non-hydrogen) atoms. The van der Waals surface area contributed by atoms with E-state index in [9.17, 15) is 9.90 Å². The van der Waals surface area contributed by atoms with Gasteiger partial charge in [0.15, 0.2) is 0 Å². The summed E-state index contributed by atoms with van der Waals surface area (Å²) in [5, 5.41) is 9.95. The summed E-state index contributed by atoms with van der Waals surface area (Å²) in [5.41, 5.74) is 0.588. The molecule has 0 bridgehead atoms. The van der Waals surface area contributed by atoms with Crippen molar-refractivity contribution in [2.45, 2.75) is 12.5 Å². The number of aliphatic hydroxyl groups is 1. The number of hydrogen-bond acceptors (Lipinski definition) is 2. The van der Waals surface area contributed by atoms with Gasteiger partial charge in [0.25, 0.3) is 5.91 Å². The van der Waals surface area contributed by atoms with Crippen molar-refractivity contribution in [3.63, 3.8) is 0 Å². The van der Waals surface area contributed by atoms with Crippen molar-refractivity contribution < 1.29 is 9.90 Å². The summed E-state index contributed by atoms with van der Waals surface area (Å²) >= 11 is 9.14. The molecule has 1 saturated heterocycles. The lowest BCUT2D eigenvalue weighted by Crippen LogP contribution is -2.29. The van der Waals surface area contributed by atoms with E-state index in [4.69, 9.17) is 11.6 Å². The molecule has 1 aromatic carbocycles. The van der Waals surface area contributed by atoms with E-state index in [-0.39, 0.29) is 12.0 Å². The van der Waals surface area contributed by atoms with E-state index in [0.29, 0.717) is 34.6 Å². The fourth-order valence-electron chi connectivity index (χ4n) is 1.74. The van der Waals surface area contributed by atoms with Crippen molar-refractivity contribution in [1.82, 2.24) is 4.90 Å². The van der Waals surface area contributed by atoms with Crippen LogP contribution in [0.25, 0.3) is 0 Å². The molecule has 0 aromatic heterocycles. The second kappa shape index (κ2) is 4.73. The molecule has 1 aromatic rings. The van der Waals surface area contributed by atoms with E-state index < -0.39 is 0 Å². The number of amides is 1. The van der Waals surface area contributed by atoms with Crippen LogP contribution in [0.1, 0.15) is 16.8 Å². The molecule has 0 saturated carbocycles. The average Bonchev–Trinajstić information content (AvgIpc) is 2.68. The number of likely N-dealkylation sites (tertiary alicyclic amines) is 1. The van der Waals surface area contributed by atoms with E-state index in [2.05, 4.69) is 15.9 Å². The number of benzene rings is 1. The van der Waals surface area contributed by atoms with Gasteiger partial charge in [-0.1, -0.05) is 11.6 Å². The molecular formula is C11H11BrClNO2. The van der Waals surface area contributed by atoms with Crippen LogP contribution in [-0.2, 0) is 0 Å². The predicted molar refractivity (Wildman–Crippen MR) is 65.7 cm³/mol. The van der Waals surface area contributed by atoms with E-state index in [1.54, 1.807) is 23.1 Å². The number of carbonyl (C=O) groups excluding carboxylic acids is 1. The number of aliphatic hydroxyl groups excluding tert-OH is 1. The van der Waals surface area contributed by atoms with Gasteiger partial charge in [-0.15, -0.1) is 0 Å². The van der Waals surface area contributed by atoms with Gasteiger partial charge >= 0.3 is 0 Å². The van der Waals surface area contributed by atoms with Crippen LogP contribution < -0.4 is 0 Å². The van der Waals surface area contributed by atoms with Gasteiger partial charge in [0, 0.05) is 23.1 Å². The van der Waals surface area contributed by atoms with Gasteiger partial charge in [0.1, 0.15) is 0 Å². The molecule has 1 unspecified atom stereocenters. The molecule has 1 aliphatic rings. The maximum absolute atomic E-state index is 12.0. The van der Waals surface area contributed by atoms with Gasteiger partial charge < -0.3 is 10.0 Å². The SMILES string of the molecule is O=C(c1ccc(Cl)c(Br)c1)N1CCC(O)C1. The Morgan fingerprint density at radius 3 is 2.88 bits per heavy atom. The predicted octanol–water partition coefficient (Wildman–Crippen LogP) is 2.31. The second-order valence-electron chi connectivity index (χ2n) is 3.82. The molecule has 2 rings (SSSR count). The van der Waals surface area contributed by atoms with Crippen LogP contribution in [0.4, 0.5) is 0 Å². The summed E-state index contributed by atoms with van der Waals surface area (Å²) in [5.74, 6) is -0.0612. The Bertz CT molecular complexity index is 424. The second-order valence-corrected chi connectivity index (χ2v) is 5.08. The van der Waals surface area contributed by atoms with Gasteiger partial charge in [0.2, 0.25) is 0 Å². The van der Waals surface area contributed by atoms with Crippen LogP contribution in [0.3, 0.4) is 0 Å². The standard InChI is InChI=1S/C11H11BrClNO2/c12-9-5-7(1-2-10(9)13)11(16)14-4-3-8(15)6-14/h1-2,5,8,15H,3-4,6H2. The molecule has 0 aliphatic carbocycles. The van der Waals surface area contributed by atoms with Crippen LogP contribution in [0.5, 0.6) is 0 Å². The third-order valence-electron chi connectivity index (χ3n) is 2.62. The van der Waals surface area contributed by atoms with Gasteiger partial charge in [-0.2, -0.15) is 0 Å². The van der Waals surface area contributed by atoms with Crippen molar-refractivity contribution >= 4 is 33.4 Å². The molecule has 1 heterocycles. The molecule has 86 valence electrons. The van der Waals surface area contributed by atoms with E-state index in [1.165, 1.54) is 0 Å². The Morgan fingerprint density at radius 2 is 2.31 bits per heavy atom. The number of carbonyl (C=O) groups is 1. The molecule has 1 aliphatic heterocycles. The van der Waals surface area contributed by atoms with Gasteiger partial charge in [-0.3, -0.25) is 4.79 Å². The van der Waals surface area contributed by atoms with Crippen LogP contribution in [0.2, 0.25) is 5.02 Å². The molecule has 5 heteroatoms. The fraction of sp³-hybridized carbons (Fsp3) is 0.364. The zero-order valence-electron chi connectivity index (χ0n) is 8.49. The first-order valence-electron chi connectivity index (χ1n) is 5.00. The Hall–Kier alpha value is -0.580. The third kappa shape index (κ3) is 2.39. The first-order chi connectivity index (χ1) is 7.58. The van der Waals surface area contributed by atoms with E-state index >= 15 is 0 Å². The Morgan fingerprint density at radius 1 is 1.56 bits per heavy atom. The maximum atomic E-state index is 12.0. The number of β-amino-alcohol motifs (C(OH)–C–C–N with tert-alkyl or cyclic N) is 1. The molecule has 1 amide bonds. The molecule has 0 radical (unpaired) electrons. The topological polar surface area (TPSA) is 40.5 Å². The van der Waals surface area contributed by atoms with Gasteiger partial charge in [-0.05, 0) is 40.5 Å². The highest BCUT2D eigenvalue weighted by atomic mass is 79.9. The van der Waals surface area contributed by atoms with E-state index in [0.717, 1.165) is 0 Å². The number of nitrogens with zero attached hydrogens (tertiary/aromatic N) is 1. The van der Waals surface area contributed by atoms with Crippen LogP contribution in [0.15, 0.2) is 22.7 Å². The van der Waals surface area contributed by atoms with Gasteiger partial charge in [0.05, 0.1) is 11.1 Å². The smallest absolute Gasteiger partial charge is 0.253 e. The van der Waals surface area contributed by atoms with Crippen molar-refractivity contribution in [2.75, 3.05) is 13.1 Å². The number of hydrogen-bond donors (Lipinski definition) is 1. The summed E-state index contributed by atoms with van der Waals surface area (Å²) in [4.78, 5) is 13.7. The molecule has 1 atom stereocenters. The molecule has 0 spiro atoms. The van der Waals surface area contributed by atoms with Crippen LogP contribution in [0, 0.1) is 0 Å². The summed E-state index contributed by atoms with van der Waals surface area (Å²) in [6, 6.07) is 5.08. The zero-order chi connectivity index (χ0) is 11.7. The Balaban J connectivity index is 2.18. The number of rotatable bonds is 1.